The topological polar surface area (TPSA) is 78.2 Å². The van der Waals surface area contributed by atoms with Gasteiger partial charge in [0.1, 0.15) is 11.8 Å². The second-order valence-corrected chi connectivity index (χ2v) is 9.10. The SMILES string of the molecule is COc1ccc2ncc(C#N)c(CCN3CCC(NCc4ccc(C)c(C(C)=O)c4)CC3)c2c1. The predicted octanol–water partition coefficient (Wildman–Crippen LogP) is 4.42. The van der Waals surface area contributed by atoms with Crippen molar-refractivity contribution in [1.82, 2.24) is 15.2 Å². The molecule has 34 heavy (non-hydrogen) atoms. The summed E-state index contributed by atoms with van der Waals surface area (Å²) in [7, 11) is 1.65. The molecule has 1 aliphatic heterocycles. The molecule has 0 aliphatic carbocycles. The second kappa shape index (κ2) is 10.8. The van der Waals surface area contributed by atoms with E-state index in [1.54, 1.807) is 20.2 Å². The van der Waals surface area contributed by atoms with Crippen LogP contribution in [0.1, 0.15) is 52.4 Å². The molecule has 6 nitrogen and oxygen atoms in total. The molecule has 3 aromatic rings. The van der Waals surface area contributed by atoms with Crippen molar-refractivity contribution in [2.75, 3.05) is 26.7 Å². The zero-order valence-electron chi connectivity index (χ0n) is 20.2. The number of nitrogens with zero attached hydrogens (tertiary/aromatic N) is 3. The van der Waals surface area contributed by atoms with Crippen molar-refractivity contribution in [3.05, 3.63) is 70.4 Å². The third-order valence-electron chi connectivity index (χ3n) is 6.85. The molecular weight excluding hydrogens is 424 g/mol. The van der Waals surface area contributed by atoms with Crippen LogP contribution in [0.15, 0.2) is 42.6 Å². The second-order valence-electron chi connectivity index (χ2n) is 9.10. The van der Waals surface area contributed by atoms with Crippen LogP contribution in [0.2, 0.25) is 0 Å². The normalized spacial score (nSPS) is 14.8. The Kier molecular flexibility index (Phi) is 7.56. The van der Waals surface area contributed by atoms with E-state index in [4.69, 9.17) is 4.74 Å². The first kappa shape index (κ1) is 23.9. The predicted molar refractivity (Wildman–Crippen MR) is 134 cm³/mol. The van der Waals surface area contributed by atoms with Crippen LogP contribution in [-0.2, 0) is 13.0 Å². The number of carbonyl (C=O) groups excluding carboxylic acids is 1. The maximum absolute atomic E-state index is 11.8. The van der Waals surface area contributed by atoms with Crippen LogP contribution in [0.4, 0.5) is 0 Å². The summed E-state index contributed by atoms with van der Waals surface area (Å²) in [4.78, 5) is 18.7. The van der Waals surface area contributed by atoms with Crippen molar-refractivity contribution in [3.63, 3.8) is 0 Å². The molecule has 0 spiro atoms. The standard InChI is InChI=1S/C28H32N4O2/c1-19-4-5-21(14-26(19)20(2)33)17-30-23-8-11-32(12-9-23)13-10-25-22(16-29)18-31-28-7-6-24(34-3)15-27(25)28/h4-7,14-15,18,23,30H,8-13,17H2,1-3H3. The molecule has 1 aliphatic rings. The summed E-state index contributed by atoms with van der Waals surface area (Å²) in [6.45, 7) is 7.35. The largest absolute Gasteiger partial charge is 0.497 e. The number of piperidine rings is 1. The van der Waals surface area contributed by atoms with E-state index in [9.17, 15) is 10.1 Å². The van der Waals surface area contributed by atoms with Crippen molar-refractivity contribution in [2.45, 2.75) is 45.7 Å². The van der Waals surface area contributed by atoms with Crippen LogP contribution < -0.4 is 10.1 Å². The highest BCUT2D eigenvalue weighted by atomic mass is 16.5. The number of carbonyl (C=O) groups is 1. The Hall–Kier alpha value is -3.27. The lowest BCUT2D eigenvalue weighted by atomic mass is 9.99. The number of hydrogen-bond acceptors (Lipinski definition) is 6. The quantitative estimate of drug-likeness (QED) is 0.506. The van der Waals surface area contributed by atoms with Crippen molar-refractivity contribution in [3.8, 4) is 11.8 Å². The Morgan fingerprint density at radius 3 is 2.74 bits per heavy atom. The number of ketones is 1. The summed E-state index contributed by atoms with van der Waals surface area (Å²) < 4.78 is 5.39. The Balaban J connectivity index is 1.33. The van der Waals surface area contributed by atoms with Gasteiger partial charge in [-0.05, 0) is 87.2 Å². The lowest BCUT2D eigenvalue weighted by Gasteiger charge is -2.32. The van der Waals surface area contributed by atoms with Gasteiger partial charge >= 0.3 is 0 Å². The smallest absolute Gasteiger partial charge is 0.160 e. The first-order chi connectivity index (χ1) is 16.5. The molecule has 0 unspecified atom stereocenters. The summed E-state index contributed by atoms with van der Waals surface area (Å²) in [6.07, 6.45) is 4.66. The van der Waals surface area contributed by atoms with Gasteiger partial charge in [-0.2, -0.15) is 5.26 Å². The third kappa shape index (κ3) is 5.44. The van der Waals surface area contributed by atoms with Crippen LogP contribution in [0.5, 0.6) is 5.75 Å². The Bertz CT molecular complexity index is 1220. The van der Waals surface area contributed by atoms with Gasteiger partial charge in [0.25, 0.3) is 0 Å². The molecule has 1 fully saturated rings. The molecule has 2 aromatic carbocycles. The van der Waals surface area contributed by atoms with Gasteiger partial charge in [-0.25, -0.2) is 0 Å². The summed E-state index contributed by atoms with van der Waals surface area (Å²) in [5.74, 6) is 0.897. The van der Waals surface area contributed by atoms with Gasteiger partial charge in [0.15, 0.2) is 5.78 Å². The summed E-state index contributed by atoms with van der Waals surface area (Å²) in [5.41, 5.74) is 5.58. The van der Waals surface area contributed by atoms with Gasteiger partial charge in [-0.1, -0.05) is 12.1 Å². The van der Waals surface area contributed by atoms with E-state index < -0.39 is 0 Å². The number of aromatic nitrogens is 1. The molecular formula is C28H32N4O2. The zero-order chi connectivity index (χ0) is 24.1. The fourth-order valence-electron chi connectivity index (χ4n) is 4.77. The van der Waals surface area contributed by atoms with Crippen molar-refractivity contribution in [1.29, 1.82) is 5.26 Å². The molecule has 0 radical (unpaired) electrons. The number of nitrogens with one attached hydrogen (secondary N) is 1. The highest BCUT2D eigenvalue weighted by molar-refractivity contribution is 5.95. The van der Waals surface area contributed by atoms with E-state index in [0.717, 1.165) is 84.3 Å². The molecule has 1 aromatic heterocycles. The number of nitriles is 1. The van der Waals surface area contributed by atoms with Crippen molar-refractivity contribution < 1.29 is 9.53 Å². The molecule has 0 atom stereocenters. The molecule has 1 saturated heterocycles. The highest BCUT2D eigenvalue weighted by Gasteiger charge is 2.20. The molecule has 0 amide bonds. The minimum Gasteiger partial charge on any atom is -0.497 e. The Morgan fingerprint density at radius 2 is 2.03 bits per heavy atom. The number of rotatable bonds is 8. The van der Waals surface area contributed by atoms with E-state index in [1.807, 2.05) is 37.3 Å². The van der Waals surface area contributed by atoms with E-state index in [1.165, 1.54) is 0 Å². The maximum atomic E-state index is 11.8. The first-order valence-electron chi connectivity index (χ1n) is 11.9. The van der Waals surface area contributed by atoms with Gasteiger partial charge < -0.3 is 15.0 Å². The minimum absolute atomic E-state index is 0.118. The molecule has 2 heterocycles. The summed E-state index contributed by atoms with van der Waals surface area (Å²) >= 11 is 0. The van der Waals surface area contributed by atoms with Crippen LogP contribution in [0, 0.1) is 18.3 Å². The number of Topliss-reactive ketones (excluding diaryl/α,β-unsaturated/α-hetero) is 1. The fraction of sp³-hybridized carbons (Fsp3) is 0.393. The fourth-order valence-corrected chi connectivity index (χ4v) is 4.77. The van der Waals surface area contributed by atoms with Gasteiger partial charge in [0.2, 0.25) is 0 Å². The van der Waals surface area contributed by atoms with Crippen LogP contribution in [0.3, 0.4) is 0 Å². The third-order valence-corrected chi connectivity index (χ3v) is 6.85. The zero-order valence-corrected chi connectivity index (χ0v) is 20.2. The maximum Gasteiger partial charge on any atom is 0.160 e. The van der Waals surface area contributed by atoms with Gasteiger partial charge in [-0.3, -0.25) is 9.78 Å². The molecule has 0 saturated carbocycles. The lowest BCUT2D eigenvalue weighted by Crippen LogP contribution is -2.42. The Morgan fingerprint density at radius 1 is 1.24 bits per heavy atom. The molecule has 1 N–H and O–H groups in total. The molecule has 4 rings (SSSR count). The van der Waals surface area contributed by atoms with Gasteiger partial charge in [0, 0.05) is 36.3 Å². The van der Waals surface area contributed by atoms with E-state index in [0.29, 0.717) is 11.6 Å². The number of pyridine rings is 1. The summed E-state index contributed by atoms with van der Waals surface area (Å²) in [6, 6.07) is 14.8. The minimum atomic E-state index is 0.118. The molecule has 6 heteroatoms. The van der Waals surface area contributed by atoms with Crippen LogP contribution >= 0.6 is 0 Å². The molecule has 0 bridgehead atoms. The van der Waals surface area contributed by atoms with Gasteiger partial charge in [-0.15, -0.1) is 0 Å². The van der Waals surface area contributed by atoms with Crippen LogP contribution in [-0.4, -0.2) is 48.5 Å². The summed E-state index contributed by atoms with van der Waals surface area (Å²) in [5, 5.41) is 14.3. The number of benzene rings is 2. The van der Waals surface area contributed by atoms with Crippen molar-refractivity contribution in [2.24, 2.45) is 0 Å². The number of hydrogen-bond donors (Lipinski definition) is 1. The average Bonchev–Trinajstić information content (AvgIpc) is 2.86. The van der Waals surface area contributed by atoms with Crippen molar-refractivity contribution >= 4 is 16.7 Å². The lowest BCUT2D eigenvalue weighted by molar-refractivity contribution is 0.101. The van der Waals surface area contributed by atoms with E-state index >= 15 is 0 Å². The first-order valence-corrected chi connectivity index (χ1v) is 11.9. The Labute approximate surface area is 201 Å². The molecule has 176 valence electrons. The number of aryl methyl sites for hydroxylation is 1. The van der Waals surface area contributed by atoms with E-state index in [-0.39, 0.29) is 5.78 Å². The number of fused-ring (bicyclic) bond motifs is 1. The number of ether oxygens (including phenoxy) is 1. The average molecular weight is 457 g/mol. The van der Waals surface area contributed by atoms with Crippen LogP contribution in [0.25, 0.3) is 10.9 Å². The van der Waals surface area contributed by atoms with Gasteiger partial charge in [0.05, 0.1) is 18.2 Å². The highest BCUT2D eigenvalue weighted by Crippen LogP contribution is 2.26. The number of methoxy groups -OCH3 is 1. The van der Waals surface area contributed by atoms with E-state index in [2.05, 4.69) is 27.3 Å². The number of likely N-dealkylation sites (tertiary alicyclic amines) is 1. The monoisotopic (exact) mass is 456 g/mol.